The lowest BCUT2D eigenvalue weighted by Crippen LogP contribution is -2.41. The second-order valence-corrected chi connectivity index (χ2v) is 18.9. The van der Waals surface area contributed by atoms with Crippen molar-refractivity contribution in [3.05, 3.63) is 118 Å². The zero-order valence-corrected chi connectivity index (χ0v) is 36.2. The van der Waals surface area contributed by atoms with Crippen molar-refractivity contribution in [2.75, 3.05) is 55.4 Å². The number of carbonyl (C=O) groups is 2. The molecule has 0 aliphatic carbocycles. The highest BCUT2D eigenvalue weighted by molar-refractivity contribution is 7.90. The van der Waals surface area contributed by atoms with Crippen LogP contribution in [0.5, 0.6) is 11.5 Å². The number of amides is 2. The molecule has 0 bridgehead atoms. The highest BCUT2D eigenvalue weighted by atomic mass is 32.2. The summed E-state index contributed by atoms with van der Waals surface area (Å²) in [5, 5.41) is 12.5. The first kappa shape index (κ1) is 43.9. The molecule has 2 N–H and O–H groups in total. The Morgan fingerprint density at radius 2 is 1.60 bits per heavy atom. The van der Waals surface area contributed by atoms with Gasteiger partial charge < -0.3 is 14.5 Å². The number of nitriles is 1. The zero-order chi connectivity index (χ0) is 45.4. The fourth-order valence-electron chi connectivity index (χ4n) is 9.52. The van der Waals surface area contributed by atoms with Crippen LogP contribution in [0.2, 0.25) is 0 Å². The highest BCUT2D eigenvalue weighted by Gasteiger charge is 2.33. The van der Waals surface area contributed by atoms with Crippen LogP contribution in [0.15, 0.2) is 83.9 Å². The number of nitrogens with one attached hydrogen (secondary N) is 2. The summed E-state index contributed by atoms with van der Waals surface area (Å²) in [5.74, 6) is -2.26. The van der Waals surface area contributed by atoms with E-state index in [0.717, 1.165) is 80.5 Å². The molecule has 2 amide bonds. The van der Waals surface area contributed by atoms with Gasteiger partial charge in [-0.2, -0.15) is 18.0 Å². The average Bonchev–Trinajstić information content (AvgIpc) is 3.76. The second kappa shape index (κ2) is 18.3. The third kappa shape index (κ3) is 9.31. The molecule has 4 aromatic carbocycles. The van der Waals surface area contributed by atoms with Gasteiger partial charge in [0.2, 0.25) is 11.8 Å². The van der Waals surface area contributed by atoms with Gasteiger partial charge in [-0.1, -0.05) is 12.1 Å². The number of hydrogen-bond acceptors (Lipinski definition) is 10. The minimum atomic E-state index is -4.24. The maximum atomic E-state index is 15.3. The largest absolute Gasteiger partial charge is 0.453 e. The molecule has 1 aromatic heterocycles. The van der Waals surface area contributed by atoms with Crippen LogP contribution < -0.4 is 25.2 Å². The van der Waals surface area contributed by atoms with E-state index in [2.05, 4.69) is 24.8 Å². The van der Waals surface area contributed by atoms with Crippen LogP contribution in [0, 0.1) is 28.9 Å². The first-order valence-corrected chi connectivity index (χ1v) is 23.3. The van der Waals surface area contributed by atoms with Gasteiger partial charge in [-0.25, -0.2) is 18.2 Å². The first-order chi connectivity index (χ1) is 31.3. The number of anilines is 2. The Bertz CT molecular complexity index is 2860. The predicted molar refractivity (Wildman–Crippen MR) is 237 cm³/mol. The molecule has 9 rings (SSSR count). The number of benzene rings is 4. The van der Waals surface area contributed by atoms with Crippen LogP contribution in [0.4, 0.5) is 24.5 Å². The van der Waals surface area contributed by atoms with Crippen LogP contribution in [0.25, 0.3) is 16.6 Å². The molecule has 0 radical (unpaired) electrons. The Kier molecular flexibility index (Phi) is 12.4. The lowest BCUT2D eigenvalue weighted by Gasteiger charge is -2.38. The third-order valence-electron chi connectivity index (χ3n) is 13.2. The van der Waals surface area contributed by atoms with Crippen molar-refractivity contribution in [3.63, 3.8) is 0 Å². The van der Waals surface area contributed by atoms with Crippen LogP contribution in [0.3, 0.4) is 0 Å². The summed E-state index contributed by atoms with van der Waals surface area (Å²) >= 11 is 0. The van der Waals surface area contributed by atoms with Gasteiger partial charge in [-0.05, 0) is 135 Å². The van der Waals surface area contributed by atoms with E-state index in [9.17, 15) is 32.5 Å². The van der Waals surface area contributed by atoms with E-state index >= 15 is 8.78 Å². The number of piperidine rings is 3. The smallest absolute Gasteiger partial charge is 0.301 e. The van der Waals surface area contributed by atoms with Crippen molar-refractivity contribution in [1.82, 2.24) is 24.1 Å². The molecule has 2 atom stereocenters. The molecule has 4 aliphatic rings. The Labute approximate surface area is 373 Å². The van der Waals surface area contributed by atoms with E-state index < -0.39 is 45.0 Å². The van der Waals surface area contributed by atoms with Crippen molar-refractivity contribution >= 4 is 44.3 Å². The van der Waals surface area contributed by atoms with Crippen LogP contribution in [-0.2, 0) is 19.8 Å². The van der Waals surface area contributed by atoms with E-state index in [1.165, 1.54) is 35.2 Å². The number of aromatic nitrogens is 2. The van der Waals surface area contributed by atoms with E-state index in [0.29, 0.717) is 34.7 Å². The SMILES string of the molecule is N#Cc1c(NS(=O)(=O)N2CC[C@@H](F)C2)ccc(F)c1Oc1ccc2ncn(-c3ccc(N4CCC(CN5CCC(c6ccc([C@H]7CCC(=O)NC7=O)cc6F)CC5)CC4)cc3)c(=O)c2c1. The summed E-state index contributed by atoms with van der Waals surface area (Å²) < 4.78 is 80.4. The predicted octanol–water partition coefficient (Wildman–Crippen LogP) is 6.64. The summed E-state index contributed by atoms with van der Waals surface area (Å²) in [6.07, 6.45) is 4.58. The number of rotatable bonds is 11. The van der Waals surface area contributed by atoms with Crippen molar-refractivity contribution < 1.29 is 35.9 Å². The average molecular weight is 909 g/mol. The molecule has 0 spiro atoms. The molecule has 4 aliphatic heterocycles. The molecule has 4 fully saturated rings. The topological polar surface area (TPSA) is 170 Å². The Hall–Kier alpha value is -6.29. The molecule has 0 unspecified atom stereocenters. The maximum absolute atomic E-state index is 15.3. The minimum absolute atomic E-state index is 0.0126. The number of alkyl halides is 1. The maximum Gasteiger partial charge on any atom is 0.301 e. The number of halogens is 3. The van der Waals surface area contributed by atoms with Crippen molar-refractivity contribution in [2.45, 2.75) is 63.0 Å². The molecule has 4 saturated heterocycles. The van der Waals surface area contributed by atoms with Gasteiger partial charge in [0.15, 0.2) is 11.6 Å². The zero-order valence-electron chi connectivity index (χ0n) is 35.4. The van der Waals surface area contributed by atoms with Gasteiger partial charge in [-0.3, -0.25) is 29.0 Å². The lowest BCUT2D eigenvalue weighted by molar-refractivity contribution is -0.134. The Balaban J connectivity index is 0.798. The van der Waals surface area contributed by atoms with E-state index in [-0.39, 0.29) is 66.3 Å². The molecule has 5 aromatic rings. The van der Waals surface area contributed by atoms with E-state index in [1.54, 1.807) is 6.07 Å². The quantitative estimate of drug-likeness (QED) is 0.137. The number of likely N-dealkylation sites (tertiary alicyclic amines) is 1. The second-order valence-electron chi connectivity index (χ2n) is 17.3. The molecule has 0 saturated carbocycles. The van der Waals surface area contributed by atoms with Gasteiger partial charge in [0, 0.05) is 44.8 Å². The summed E-state index contributed by atoms with van der Waals surface area (Å²) in [4.78, 5) is 47.0. The fraction of sp³-hybridized carbons (Fsp3) is 0.383. The Morgan fingerprint density at radius 3 is 2.29 bits per heavy atom. The summed E-state index contributed by atoms with van der Waals surface area (Å²) in [7, 11) is -4.24. The van der Waals surface area contributed by atoms with Crippen molar-refractivity contribution in [1.29, 1.82) is 5.26 Å². The lowest BCUT2D eigenvalue weighted by atomic mass is 9.85. The van der Waals surface area contributed by atoms with E-state index in [4.69, 9.17) is 4.74 Å². The van der Waals surface area contributed by atoms with Crippen LogP contribution >= 0.6 is 0 Å². The van der Waals surface area contributed by atoms with Gasteiger partial charge >= 0.3 is 10.2 Å². The number of nitrogens with zero attached hydrogens (tertiary/aromatic N) is 6. The number of hydrogen-bond donors (Lipinski definition) is 2. The number of imide groups is 1. The fourth-order valence-corrected chi connectivity index (χ4v) is 10.8. The van der Waals surface area contributed by atoms with Gasteiger partial charge in [0.05, 0.1) is 28.2 Å². The molecule has 5 heterocycles. The molecule has 18 heteroatoms. The molecule has 338 valence electrons. The third-order valence-corrected chi connectivity index (χ3v) is 14.6. The standard InChI is InChI=1S/C47H47F3N8O6S/c48-32-17-22-57(27-32)65(62,63)54-43-11-9-40(49)45(39(43)25-51)64-35-6-10-42-38(24-35)47(61)58(28-52-42)34-4-2-33(3-5-34)56-20-13-29(14-21-56)26-55-18-15-30(16-19-55)36-7-1-31(23-41(36)50)37-8-12-44(59)53-46(37)60/h1-7,9-11,23-24,28-30,32,37,54H,8,12-22,26-27H2,(H,53,59,60)/t32-,37-/m1/s1. The van der Waals surface area contributed by atoms with Crippen LogP contribution in [0.1, 0.15) is 73.5 Å². The molecule has 14 nitrogen and oxygen atoms in total. The summed E-state index contributed by atoms with van der Waals surface area (Å²) in [5.41, 5.74) is 2.19. The van der Waals surface area contributed by atoms with Gasteiger partial charge in [-0.15, -0.1) is 0 Å². The van der Waals surface area contributed by atoms with Crippen molar-refractivity contribution in [3.8, 4) is 23.3 Å². The number of carbonyl (C=O) groups excluding carboxylic acids is 2. The number of ether oxygens (including phenoxy) is 1. The normalized spacial score (nSPS) is 20.5. The monoisotopic (exact) mass is 908 g/mol. The summed E-state index contributed by atoms with van der Waals surface area (Å²) in [6, 6.07) is 21.0. The van der Waals surface area contributed by atoms with Gasteiger partial charge in [0.1, 0.15) is 35.7 Å². The molecular formula is C47H47F3N8O6S. The summed E-state index contributed by atoms with van der Waals surface area (Å²) in [6.45, 7) is 4.16. The van der Waals surface area contributed by atoms with E-state index in [1.807, 2.05) is 36.4 Å². The van der Waals surface area contributed by atoms with Gasteiger partial charge in [0.25, 0.3) is 5.56 Å². The molecular weight excluding hydrogens is 862 g/mol. The first-order valence-electron chi connectivity index (χ1n) is 21.9. The Morgan fingerprint density at radius 1 is 0.846 bits per heavy atom. The van der Waals surface area contributed by atoms with Crippen LogP contribution in [-0.4, -0.2) is 91.0 Å². The molecule has 65 heavy (non-hydrogen) atoms. The number of fused-ring (bicyclic) bond motifs is 1. The van der Waals surface area contributed by atoms with Crippen molar-refractivity contribution in [2.24, 2.45) is 5.92 Å². The highest BCUT2D eigenvalue weighted by Crippen LogP contribution is 2.36. The minimum Gasteiger partial charge on any atom is -0.453 e.